The highest BCUT2D eigenvalue weighted by molar-refractivity contribution is 7.80. The van der Waals surface area contributed by atoms with Crippen LogP contribution in [0.2, 0.25) is 0 Å². The predicted molar refractivity (Wildman–Crippen MR) is 118 cm³/mol. The number of hydrogen-bond acceptors (Lipinski definition) is 5. The highest BCUT2D eigenvalue weighted by Crippen LogP contribution is 2.42. The van der Waals surface area contributed by atoms with Crippen LogP contribution in [0.4, 0.5) is 5.69 Å². The topological polar surface area (TPSA) is 75.1 Å². The summed E-state index contributed by atoms with van der Waals surface area (Å²) in [5.74, 6) is 1.71. The lowest BCUT2D eigenvalue weighted by Crippen LogP contribution is -2.44. The number of hydrazone groups is 1. The molecule has 1 aliphatic heterocycles. The maximum Gasteiger partial charge on any atom is 0.191 e. The second-order valence-corrected chi connectivity index (χ2v) is 7.97. The third-order valence-corrected chi connectivity index (χ3v) is 5.67. The third-order valence-electron chi connectivity index (χ3n) is 5.47. The number of hydrogen-bond donors (Lipinski definition) is 3. The lowest BCUT2D eigenvalue weighted by atomic mass is 9.78. The number of aromatic hydroxyl groups is 1. The van der Waals surface area contributed by atoms with Gasteiger partial charge in [-0.2, -0.15) is 5.10 Å². The van der Waals surface area contributed by atoms with Gasteiger partial charge in [0.2, 0.25) is 0 Å². The predicted octanol–water partition coefficient (Wildman–Crippen LogP) is 4.58. The van der Waals surface area contributed by atoms with Crippen LogP contribution in [0, 0.1) is 0 Å². The van der Waals surface area contributed by atoms with E-state index in [4.69, 9.17) is 21.7 Å². The molecule has 1 saturated carbocycles. The van der Waals surface area contributed by atoms with Gasteiger partial charge in [-0.25, -0.2) is 0 Å². The van der Waals surface area contributed by atoms with Crippen molar-refractivity contribution in [1.82, 2.24) is 5.43 Å². The summed E-state index contributed by atoms with van der Waals surface area (Å²) in [5, 5.41) is 18.0. The van der Waals surface area contributed by atoms with E-state index in [1.807, 2.05) is 30.3 Å². The first-order valence-electron chi connectivity index (χ1n) is 9.87. The van der Waals surface area contributed by atoms with Crippen molar-refractivity contribution in [2.45, 2.75) is 44.1 Å². The lowest BCUT2D eigenvalue weighted by Gasteiger charge is -2.41. The first kappa shape index (κ1) is 19.5. The molecule has 1 aliphatic carbocycles. The Balaban J connectivity index is 1.54. The van der Waals surface area contributed by atoms with Crippen molar-refractivity contribution in [3.63, 3.8) is 0 Å². The molecular weight excluding hydrogens is 386 g/mol. The van der Waals surface area contributed by atoms with E-state index in [2.05, 4.69) is 15.8 Å². The van der Waals surface area contributed by atoms with Crippen molar-refractivity contribution in [1.29, 1.82) is 0 Å². The van der Waals surface area contributed by atoms with Crippen LogP contribution in [-0.2, 0) is 0 Å². The Morgan fingerprint density at radius 3 is 2.79 bits per heavy atom. The second kappa shape index (κ2) is 8.29. The monoisotopic (exact) mass is 411 g/mol. The molecule has 0 radical (unpaired) electrons. The van der Waals surface area contributed by atoms with Crippen LogP contribution < -0.4 is 20.2 Å². The lowest BCUT2D eigenvalue weighted by molar-refractivity contribution is 0.0320. The molecule has 2 aliphatic rings. The fourth-order valence-electron chi connectivity index (χ4n) is 4.06. The molecule has 1 spiro atoms. The summed E-state index contributed by atoms with van der Waals surface area (Å²) in [5.41, 5.74) is 5.20. The minimum Gasteiger partial charge on any atom is -0.508 e. The molecule has 0 atom stereocenters. The first-order chi connectivity index (χ1) is 14.1. The number of thiocarbonyl (C=S) groups is 1. The van der Waals surface area contributed by atoms with Crippen molar-refractivity contribution in [2.75, 3.05) is 12.4 Å². The van der Waals surface area contributed by atoms with Crippen molar-refractivity contribution >= 4 is 28.7 Å². The number of nitrogens with zero attached hydrogens (tertiary/aromatic N) is 1. The number of methoxy groups -OCH3 is 1. The molecule has 0 unspecified atom stereocenters. The minimum atomic E-state index is -0.218. The Morgan fingerprint density at radius 2 is 2.00 bits per heavy atom. The van der Waals surface area contributed by atoms with E-state index in [9.17, 15) is 5.11 Å². The molecule has 2 aromatic carbocycles. The fourth-order valence-corrected chi connectivity index (χ4v) is 4.22. The normalized spacial score (nSPS) is 18.6. The molecule has 6 nitrogen and oxygen atoms in total. The van der Waals surface area contributed by atoms with Gasteiger partial charge in [-0.1, -0.05) is 12.5 Å². The highest BCUT2D eigenvalue weighted by atomic mass is 32.1. The van der Waals surface area contributed by atoms with E-state index in [1.54, 1.807) is 19.2 Å². The van der Waals surface area contributed by atoms with Gasteiger partial charge < -0.3 is 19.9 Å². The van der Waals surface area contributed by atoms with E-state index in [0.29, 0.717) is 11.5 Å². The molecule has 29 heavy (non-hydrogen) atoms. The molecule has 3 N–H and O–H groups in total. The van der Waals surface area contributed by atoms with Crippen molar-refractivity contribution < 1.29 is 14.6 Å². The number of nitrogens with one attached hydrogen (secondary N) is 2. The summed E-state index contributed by atoms with van der Waals surface area (Å²) < 4.78 is 11.6. The number of rotatable bonds is 3. The van der Waals surface area contributed by atoms with Crippen LogP contribution in [0.3, 0.4) is 0 Å². The van der Waals surface area contributed by atoms with Gasteiger partial charge in [0.25, 0.3) is 0 Å². The van der Waals surface area contributed by atoms with Gasteiger partial charge in [0, 0.05) is 23.7 Å². The van der Waals surface area contributed by atoms with Crippen LogP contribution in [0.1, 0.15) is 44.1 Å². The molecule has 152 valence electrons. The zero-order valence-electron chi connectivity index (χ0n) is 16.4. The van der Waals surface area contributed by atoms with Crippen LogP contribution in [-0.4, -0.2) is 28.6 Å². The van der Waals surface area contributed by atoms with E-state index in [0.717, 1.165) is 54.1 Å². The van der Waals surface area contributed by atoms with Crippen LogP contribution in [0.5, 0.6) is 17.2 Å². The van der Waals surface area contributed by atoms with Gasteiger partial charge in [-0.15, -0.1) is 0 Å². The fraction of sp³-hybridized carbons (Fsp3) is 0.364. The van der Waals surface area contributed by atoms with E-state index >= 15 is 0 Å². The van der Waals surface area contributed by atoms with Crippen molar-refractivity contribution in [2.24, 2.45) is 5.10 Å². The van der Waals surface area contributed by atoms with Gasteiger partial charge in [-0.05, 0) is 68.2 Å². The Labute approximate surface area is 175 Å². The van der Waals surface area contributed by atoms with E-state index in [1.165, 1.54) is 6.42 Å². The van der Waals surface area contributed by atoms with Gasteiger partial charge in [0.15, 0.2) is 5.11 Å². The molecule has 0 amide bonds. The quantitative estimate of drug-likeness (QED) is 0.507. The van der Waals surface area contributed by atoms with E-state index < -0.39 is 0 Å². The maximum atomic E-state index is 9.95. The van der Waals surface area contributed by atoms with Crippen molar-refractivity contribution in [3.8, 4) is 17.2 Å². The molecule has 0 saturated heterocycles. The summed E-state index contributed by atoms with van der Waals surface area (Å²) in [4.78, 5) is 0. The molecule has 7 heteroatoms. The largest absolute Gasteiger partial charge is 0.508 e. The SMILES string of the molecule is COc1cccc(NC(=S)N/N=C2/CC3(CCCCC3)Oc3ccc(O)cc32)c1. The second-order valence-electron chi connectivity index (χ2n) is 7.56. The van der Waals surface area contributed by atoms with Gasteiger partial charge in [-0.3, -0.25) is 5.43 Å². The Kier molecular flexibility index (Phi) is 5.58. The van der Waals surface area contributed by atoms with Gasteiger partial charge in [0.05, 0.1) is 12.8 Å². The third kappa shape index (κ3) is 4.45. The molecule has 4 rings (SSSR count). The molecule has 2 aromatic rings. The Bertz CT molecular complexity index is 939. The zero-order valence-corrected chi connectivity index (χ0v) is 17.2. The Morgan fingerprint density at radius 1 is 1.17 bits per heavy atom. The zero-order chi connectivity index (χ0) is 20.3. The summed E-state index contributed by atoms with van der Waals surface area (Å²) in [6, 6.07) is 12.7. The number of fused-ring (bicyclic) bond motifs is 1. The standard InChI is InChI=1S/C22H25N3O3S/c1-27-17-7-5-6-15(12-17)23-21(29)25-24-19-14-22(10-3-2-4-11-22)28-20-9-8-16(26)13-18(19)20/h5-9,12-13,26H,2-4,10-11,14H2,1H3,(H2,23,25,29)/b24-19-. The molecule has 1 fully saturated rings. The summed E-state index contributed by atoms with van der Waals surface area (Å²) >= 11 is 5.41. The first-order valence-corrected chi connectivity index (χ1v) is 10.3. The smallest absolute Gasteiger partial charge is 0.191 e. The Hall–Kier alpha value is -2.80. The van der Waals surface area contributed by atoms with E-state index in [-0.39, 0.29) is 11.4 Å². The number of phenolic OH excluding ortho intramolecular Hbond substituents is 1. The van der Waals surface area contributed by atoms with Crippen LogP contribution in [0.25, 0.3) is 0 Å². The summed E-state index contributed by atoms with van der Waals surface area (Å²) in [6.45, 7) is 0. The highest BCUT2D eigenvalue weighted by Gasteiger charge is 2.40. The van der Waals surface area contributed by atoms with Crippen molar-refractivity contribution in [3.05, 3.63) is 48.0 Å². The molecular formula is C22H25N3O3S. The van der Waals surface area contributed by atoms with Crippen LogP contribution in [0.15, 0.2) is 47.6 Å². The number of anilines is 1. The number of ether oxygens (including phenoxy) is 2. The minimum absolute atomic E-state index is 0.191. The van der Waals surface area contributed by atoms with Gasteiger partial charge in [0.1, 0.15) is 22.8 Å². The summed E-state index contributed by atoms with van der Waals surface area (Å²) in [7, 11) is 1.63. The maximum absolute atomic E-state index is 9.95. The number of phenols is 1. The van der Waals surface area contributed by atoms with Gasteiger partial charge >= 0.3 is 0 Å². The molecule has 1 heterocycles. The average molecular weight is 412 g/mol. The summed E-state index contributed by atoms with van der Waals surface area (Å²) in [6.07, 6.45) is 6.27. The van der Waals surface area contributed by atoms with Crippen LogP contribution >= 0.6 is 12.2 Å². The molecule has 0 bridgehead atoms. The number of benzene rings is 2. The molecule has 0 aromatic heterocycles. The average Bonchev–Trinajstić information content (AvgIpc) is 2.73.